The average molecular weight is 543 g/mol. The second kappa shape index (κ2) is 13.1. The lowest BCUT2D eigenvalue weighted by molar-refractivity contribution is 0.297. The second-order valence-electron chi connectivity index (χ2n) is 11.5. The molecule has 0 radical (unpaired) electrons. The Labute approximate surface area is 242 Å². The van der Waals surface area contributed by atoms with Crippen molar-refractivity contribution in [3.8, 4) is 0 Å². The van der Waals surface area contributed by atoms with Crippen molar-refractivity contribution in [1.29, 1.82) is 0 Å². The molecule has 4 aliphatic rings. The summed E-state index contributed by atoms with van der Waals surface area (Å²) >= 11 is 0. The smallest absolute Gasteiger partial charge is 0.128 e. The summed E-state index contributed by atoms with van der Waals surface area (Å²) in [4.78, 5) is 12.5. The number of anilines is 2. The molecule has 6 rings (SSSR count). The lowest BCUT2D eigenvalue weighted by Gasteiger charge is -2.39. The molecule has 0 saturated carbocycles. The van der Waals surface area contributed by atoms with Gasteiger partial charge in [0.25, 0.3) is 0 Å². The molecular weight excluding hydrogens is 492 g/mol. The van der Waals surface area contributed by atoms with E-state index in [0.29, 0.717) is 6.04 Å². The average Bonchev–Trinajstić information content (AvgIpc) is 3.74. The van der Waals surface area contributed by atoms with E-state index in [1.54, 1.807) is 0 Å². The molecular formula is C34H50N6. The number of likely N-dealkylation sites (tertiary alicyclic amines) is 1. The Morgan fingerprint density at radius 2 is 1.82 bits per heavy atom. The van der Waals surface area contributed by atoms with Crippen LogP contribution in [0.3, 0.4) is 0 Å². The molecule has 2 aromatic rings. The third-order valence-corrected chi connectivity index (χ3v) is 9.21. The van der Waals surface area contributed by atoms with Crippen LogP contribution in [0.4, 0.5) is 11.5 Å². The molecule has 0 spiro atoms. The fourth-order valence-electron chi connectivity index (χ4n) is 6.63. The van der Waals surface area contributed by atoms with E-state index >= 15 is 0 Å². The minimum Gasteiger partial charge on any atom is -0.374 e. The summed E-state index contributed by atoms with van der Waals surface area (Å²) in [6.45, 7) is 20.4. The standard InChI is InChI=1S/C32H44N6.C2H6/c1-4-24-8-10-27-30(19-24)35-29(20-31(27)38-14-12-25(5-2)22-38)26-9-11-32(34-21-26)37-17-15-36(16-18-37)23(3)28-7-6-13-33-28;1-2/h8-11,19-21,25,28-29,33,35H,3-7,12-18,22H2,1-2H3;1-2H3. The molecule has 1 aromatic heterocycles. The zero-order valence-corrected chi connectivity index (χ0v) is 25.3. The molecule has 3 saturated heterocycles. The molecule has 5 heterocycles. The molecule has 40 heavy (non-hydrogen) atoms. The number of fused-ring (bicyclic) bond motifs is 1. The first kappa shape index (κ1) is 28.5. The number of rotatable bonds is 7. The van der Waals surface area contributed by atoms with Gasteiger partial charge in [-0.15, -0.1) is 0 Å². The number of hydrogen-bond acceptors (Lipinski definition) is 6. The van der Waals surface area contributed by atoms with E-state index in [0.717, 1.165) is 64.0 Å². The van der Waals surface area contributed by atoms with Gasteiger partial charge in [-0.3, -0.25) is 0 Å². The maximum absolute atomic E-state index is 4.95. The maximum Gasteiger partial charge on any atom is 0.128 e. The summed E-state index contributed by atoms with van der Waals surface area (Å²) in [5.41, 5.74) is 7.86. The first-order valence-electron chi connectivity index (χ1n) is 15.9. The van der Waals surface area contributed by atoms with Crippen LogP contribution in [-0.2, 0) is 6.42 Å². The normalized spacial score (nSPS) is 24.1. The van der Waals surface area contributed by atoms with E-state index in [-0.39, 0.29) is 6.04 Å². The van der Waals surface area contributed by atoms with Gasteiger partial charge >= 0.3 is 0 Å². The highest BCUT2D eigenvalue weighted by Crippen LogP contribution is 2.40. The fourth-order valence-corrected chi connectivity index (χ4v) is 6.63. The molecule has 0 amide bonds. The highest BCUT2D eigenvalue weighted by Gasteiger charge is 2.29. The number of hydrogen-bond donors (Lipinski definition) is 2. The highest BCUT2D eigenvalue weighted by molar-refractivity contribution is 5.80. The third kappa shape index (κ3) is 6.02. The van der Waals surface area contributed by atoms with Crippen LogP contribution >= 0.6 is 0 Å². The monoisotopic (exact) mass is 542 g/mol. The summed E-state index contributed by atoms with van der Waals surface area (Å²) in [5.74, 6) is 1.88. The van der Waals surface area contributed by atoms with Crippen LogP contribution in [0.5, 0.6) is 0 Å². The largest absolute Gasteiger partial charge is 0.374 e. The van der Waals surface area contributed by atoms with E-state index in [1.165, 1.54) is 59.5 Å². The van der Waals surface area contributed by atoms with Crippen molar-refractivity contribution in [3.63, 3.8) is 0 Å². The molecule has 2 N–H and O–H groups in total. The Morgan fingerprint density at radius 3 is 2.48 bits per heavy atom. The molecule has 216 valence electrons. The van der Waals surface area contributed by atoms with Crippen LogP contribution in [-0.4, -0.2) is 66.6 Å². The van der Waals surface area contributed by atoms with Crippen LogP contribution in [0, 0.1) is 5.92 Å². The van der Waals surface area contributed by atoms with E-state index < -0.39 is 0 Å². The Morgan fingerprint density at radius 1 is 1.00 bits per heavy atom. The quantitative estimate of drug-likeness (QED) is 0.428. The first-order chi connectivity index (χ1) is 19.6. The van der Waals surface area contributed by atoms with Gasteiger partial charge in [0.15, 0.2) is 0 Å². The number of pyridine rings is 1. The van der Waals surface area contributed by atoms with Crippen molar-refractivity contribution in [3.05, 3.63) is 71.6 Å². The predicted octanol–water partition coefficient (Wildman–Crippen LogP) is 6.30. The predicted molar refractivity (Wildman–Crippen MR) is 170 cm³/mol. The Hall–Kier alpha value is -2.99. The van der Waals surface area contributed by atoms with Gasteiger partial charge in [0.2, 0.25) is 0 Å². The number of piperazine rings is 1. The van der Waals surface area contributed by atoms with Gasteiger partial charge in [0.1, 0.15) is 5.82 Å². The number of aryl methyl sites for hydroxylation is 1. The van der Waals surface area contributed by atoms with Gasteiger partial charge in [0, 0.05) is 74.2 Å². The zero-order chi connectivity index (χ0) is 28.1. The fraction of sp³-hybridized carbons (Fsp3) is 0.559. The summed E-state index contributed by atoms with van der Waals surface area (Å²) < 4.78 is 0. The number of benzene rings is 1. The van der Waals surface area contributed by atoms with Crippen LogP contribution in [0.2, 0.25) is 0 Å². The number of aromatic nitrogens is 1. The van der Waals surface area contributed by atoms with Gasteiger partial charge in [-0.2, -0.15) is 0 Å². The Kier molecular flexibility index (Phi) is 9.36. The molecule has 1 aromatic carbocycles. The van der Waals surface area contributed by atoms with Crippen molar-refractivity contribution < 1.29 is 0 Å². The van der Waals surface area contributed by atoms with E-state index in [1.807, 2.05) is 13.8 Å². The molecule has 4 aliphatic heterocycles. The summed E-state index contributed by atoms with van der Waals surface area (Å²) in [6, 6.07) is 12.0. The van der Waals surface area contributed by atoms with Gasteiger partial charge in [-0.25, -0.2) is 4.98 Å². The Balaban J connectivity index is 0.00000158. The zero-order valence-electron chi connectivity index (χ0n) is 25.3. The number of nitrogens with one attached hydrogen (secondary N) is 2. The lowest BCUT2D eigenvalue weighted by Crippen LogP contribution is -2.48. The maximum atomic E-state index is 4.95. The van der Waals surface area contributed by atoms with Crippen molar-refractivity contribution >= 4 is 17.2 Å². The van der Waals surface area contributed by atoms with Gasteiger partial charge in [-0.1, -0.05) is 58.9 Å². The lowest BCUT2D eigenvalue weighted by atomic mass is 9.95. The second-order valence-corrected chi connectivity index (χ2v) is 11.5. The molecule has 6 heteroatoms. The molecule has 0 bridgehead atoms. The third-order valence-electron chi connectivity index (χ3n) is 9.21. The van der Waals surface area contributed by atoms with E-state index in [4.69, 9.17) is 4.98 Å². The highest BCUT2D eigenvalue weighted by atomic mass is 15.3. The van der Waals surface area contributed by atoms with E-state index in [9.17, 15) is 0 Å². The summed E-state index contributed by atoms with van der Waals surface area (Å²) in [6.07, 6.45) is 10.6. The summed E-state index contributed by atoms with van der Waals surface area (Å²) in [7, 11) is 0. The first-order valence-corrected chi connectivity index (χ1v) is 15.9. The summed E-state index contributed by atoms with van der Waals surface area (Å²) in [5, 5.41) is 7.42. The molecule has 0 aliphatic carbocycles. The minimum atomic E-state index is 0.130. The SMILES string of the molecule is C=C(C1CCCN1)N1CCN(c2ccc(C3C=C(N4CCC(CC)C4)c4ccc(CC)cc4N3)cn2)CC1.CC. The van der Waals surface area contributed by atoms with Gasteiger partial charge in [0.05, 0.1) is 6.04 Å². The minimum absolute atomic E-state index is 0.130. The van der Waals surface area contributed by atoms with Crippen molar-refractivity contribution in [1.82, 2.24) is 20.1 Å². The van der Waals surface area contributed by atoms with Crippen molar-refractivity contribution in [2.75, 3.05) is 56.0 Å². The van der Waals surface area contributed by atoms with Gasteiger partial charge < -0.3 is 25.3 Å². The van der Waals surface area contributed by atoms with Crippen LogP contribution in [0.1, 0.15) is 76.1 Å². The van der Waals surface area contributed by atoms with Crippen molar-refractivity contribution in [2.24, 2.45) is 5.92 Å². The Bertz CT molecular complexity index is 1160. The van der Waals surface area contributed by atoms with Crippen LogP contribution in [0.15, 0.2) is 54.9 Å². The van der Waals surface area contributed by atoms with E-state index in [2.05, 4.69) is 88.4 Å². The molecule has 6 nitrogen and oxygen atoms in total. The molecule has 3 atom stereocenters. The number of nitrogens with zero attached hydrogens (tertiary/aromatic N) is 4. The molecule has 3 fully saturated rings. The van der Waals surface area contributed by atoms with Gasteiger partial charge in [-0.05, 0) is 67.5 Å². The van der Waals surface area contributed by atoms with Crippen LogP contribution < -0.4 is 15.5 Å². The molecule has 3 unspecified atom stereocenters. The van der Waals surface area contributed by atoms with Crippen molar-refractivity contribution in [2.45, 2.75) is 71.9 Å². The van der Waals surface area contributed by atoms with Crippen LogP contribution in [0.25, 0.3) is 5.70 Å². The topological polar surface area (TPSA) is 46.7 Å².